The van der Waals surface area contributed by atoms with E-state index in [0.717, 1.165) is 18.2 Å². The summed E-state index contributed by atoms with van der Waals surface area (Å²) < 4.78 is 5.32. The Morgan fingerprint density at radius 1 is 1.30 bits per heavy atom. The van der Waals surface area contributed by atoms with Gasteiger partial charge in [0.15, 0.2) is 0 Å². The molecule has 0 atom stereocenters. The minimum atomic E-state index is 0.580. The summed E-state index contributed by atoms with van der Waals surface area (Å²) in [6, 6.07) is 9.02. The lowest BCUT2D eigenvalue weighted by Crippen LogP contribution is -2.39. The predicted octanol–water partition coefficient (Wildman–Crippen LogP) is 2.91. The number of piperidine rings is 1. The lowest BCUT2D eigenvalue weighted by molar-refractivity contribution is 0.161. The van der Waals surface area contributed by atoms with Gasteiger partial charge < -0.3 is 10.1 Å². The minimum absolute atomic E-state index is 0.580. The van der Waals surface area contributed by atoms with Crippen LogP contribution in [0.3, 0.4) is 0 Å². The molecule has 0 unspecified atom stereocenters. The van der Waals surface area contributed by atoms with Crippen molar-refractivity contribution in [3.63, 3.8) is 0 Å². The van der Waals surface area contributed by atoms with E-state index >= 15 is 0 Å². The molecule has 1 aliphatic rings. The highest BCUT2D eigenvalue weighted by Crippen LogP contribution is 2.19. The maximum absolute atomic E-state index is 5.32. The Morgan fingerprint density at radius 3 is 2.70 bits per heavy atom. The van der Waals surface area contributed by atoms with Gasteiger partial charge in [-0.05, 0) is 63.4 Å². The molecule has 3 heteroatoms. The van der Waals surface area contributed by atoms with Gasteiger partial charge in [-0.2, -0.15) is 0 Å². The molecule has 1 heterocycles. The van der Waals surface area contributed by atoms with Crippen molar-refractivity contribution in [2.24, 2.45) is 5.92 Å². The first-order valence-electron chi connectivity index (χ1n) is 7.76. The van der Waals surface area contributed by atoms with Crippen LogP contribution in [0.5, 0.6) is 5.75 Å². The van der Waals surface area contributed by atoms with Crippen molar-refractivity contribution in [1.29, 1.82) is 0 Å². The van der Waals surface area contributed by atoms with Gasteiger partial charge in [0.2, 0.25) is 0 Å². The lowest BCUT2D eigenvalue weighted by Gasteiger charge is -2.32. The number of nitrogens with zero attached hydrogens (tertiary/aromatic N) is 1. The second-order valence-corrected chi connectivity index (χ2v) is 6.07. The molecule has 112 valence electrons. The number of hydrogen-bond donors (Lipinski definition) is 1. The number of hydrogen-bond acceptors (Lipinski definition) is 3. The van der Waals surface area contributed by atoms with E-state index in [4.69, 9.17) is 4.74 Å². The molecule has 1 aromatic carbocycles. The van der Waals surface area contributed by atoms with Crippen LogP contribution in [0.2, 0.25) is 0 Å². The highest BCUT2D eigenvalue weighted by atomic mass is 16.5. The number of nitrogens with one attached hydrogen (secondary N) is 1. The average molecular weight is 276 g/mol. The zero-order valence-electron chi connectivity index (χ0n) is 13.1. The molecule has 3 nitrogen and oxygen atoms in total. The van der Waals surface area contributed by atoms with E-state index in [0.29, 0.717) is 6.04 Å². The first-order valence-corrected chi connectivity index (χ1v) is 7.76. The predicted molar refractivity (Wildman–Crippen MR) is 84.1 cm³/mol. The molecule has 0 radical (unpaired) electrons. The lowest BCUT2D eigenvalue weighted by atomic mass is 9.96. The summed E-state index contributed by atoms with van der Waals surface area (Å²) in [4.78, 5) is 2.59. The quantitative estimate of drug-likeness (QED) is 0.864. The fourth-order valence-electron chi connectivity index (χ4n) is 2.86. The van der Waals surface area contributed by atoms with Gasteiger partial charge >= 0.3 is 0 Å². The summed E-state index contributed by atoms with van der Waals surface area (Å²) in [6.45, 7) is 9.16. The molecular weight excluding hydrogens is 248 g/mol. The van der Waals surface area contributed by atoms with Gasteiger partial charge in [0, 0.05) is 19.1 Å². The Kier molecular flexibility index (Phi) is 5.86. The summed E-state index contributed by atoms with van der Waals surface area (Å²) in [5.41, 5.74) is 1.34. The molecule has 0 saturated carbocycles. The Balaban J connectivity index is 1.97. The maximum Gasteiger partial charge on any atom is 0.119 e. The SMILES string of the molecule is COc1cccc(CN(CC2CCNCC2)C(C)C)c1. The van der Waals surface area contributed by atoms with Crippen LogP contribution in [0, 0.1) is 5.92 Å². The molecule has 0 amide bonds. The third-order valence-electron chi connectivity index (χ3n) is 4.20. The molecule has 1 aromatic rings. The number of ether oxygens (including phenoxy) is 1. The standard InChI is InChI=1S/C17H28N2O/c1-14(2)19(12-15-7-9-18-10-8-15)13-16-5-4-6-17(11-16)20-3/h4-6,11,14-15,18H,7-10,12-13H2,1-3H3. The molecule has 0 spiro atoms. The minimum Gasteiger partial charge on any atom is -0.497 e. The van der Waals surface area contributed by atoms with E-state index in [1.807, 2.05) is 6.07 Å². The Hall–Kier alpha value is -1.06. The molecule has 1 saturated heterocycles. The fourth-order valence-corrected chi connectivity index (χ4v) is 2.86. The van der Waals surface area contributed by atoms with Crippen LogP contribution in [-0.2, 0) is 6.54 Å². The van der Waals surface area contributed by atoms with Crippen LogP contribution < -0.4 is 10.1 Å². The topological polar surface area (TPSA) is 24.5 Å². The van der Waals surface area contributed by atoms with Gasteiger partial charge in [-0.1, -0.05) is 12.1 Å². The first kappa shape index (κ1) is 15.3. The van der Waals surface area contributed by atoms with Crippen LogP contribution in [0.15, 0.2) is 24.3 Å². The summed E-state index contributed by atoms with van der Waals surface area (Å²) >= 11 is 0. The largest absolute Gasteiger partial charge is 0.497 e. The van der Waals surface area contributed by atoms with E-state index in [1.165, 1.54) is 38.0 Å². The van der Waals surface area contributed by atoms with Crippen LogP contribution in [0.4, 0.5) is 0 Å². The van der Waals surface area contributed by atoms with E-state index in [-0.39, 0.29) is 0 Å². The van der Waals surface area contributed by atoms with Gasteiger partial charge in [-0.15, -0.1) is 0 Å². The van der Waals surface area contributed by atoms with Gasteiger partial charge in [-0.3, -0.25) is 4.90 Å². The zero-order chi connectivity index (χ0) is 14.4. The van der Waals surface area contributed by atoms with Gasteiger partial charge in [-0.25, -0.2) is 0 Å². The number of benzene rings is 1. The third kappa shape index (κ3) is 4.50. The molecule has 2 rings (SSSR count). The first-order chi connectivity index (χ1) is 9.69. The Labute approximate surface area is 123 Å². The van der Waals surface area contributed by atoms with Crippen molar-refractivity contribution in [2.45, 2.75) is 39.3 Å². The Bertz CT molecular complexity index is 400. The number of methoxy groups -OCH3 is 1. The van der Waals surface area contributed by atoms with Crippen LogP contribution in [0.25, 0.3) is 0 Å². The van der Waals surface area contributed by atoms with Crippen molar-refractivity contribution in [3.8, 4) is 5.75 Å². The van der Waals surface area contributed by atoms with Crippen molar-refractivity contribution >= 4 is 0 Å². The van der Waals surface area contributed by atoms with Crippen LogP contribution in [-0.4, -0.2) is 37.7 Å². The molecule has 0 aliphatic carbocycles. The monoisotopic (exact) mass is 276 g/mol. The molecule has 1 fully saturated rings. The Morgan fingerprint density at radius 2 is 2.05 bits per heavy atom. The molecule has 20 heavy (non-hydrogen) atoms. The highest BCUT2D eigenvalue weighted by Gasteiger charge is 2.19. The van der Waals surface area contributed by atoms with E-state index in [1.54, 1.807) is 7.11 Å². The van der Waals surface area contributed by atoms with Gasteiger partial charge in [0.25, 0.3) is 0 Å². The molecule has 0 bridgehead atoms. The van der Waals surface area contributed by atoms with Crippen molar-refractivity contribution in [3.05, 3.63) is 29.8 Å². The van der Waals surface area contributed by atoms with Gasteiger partial charge in [0.1, 0.15) is 5.75 Å². The van der Waals surface area contributed by atoms with Crippen LogP contribution >= 0.6 is 0 Å². The molecule has 0 aromatic heterocycles. The van der Waals surface area contributed by atoms with E-state index in [9.17, 15) is 0 Å². The number of rotatable bonds is 6. The third-order valence-corrected chi connectivity index (χ3v) is 4.20. The van der Waals surface area contributed by atoms with E-state index in [2.05, 4.69) is 42.3 Å². The van der Waals surface area contributed by atoms with Gasteiger partial charge in [0.05, 0.1) is 7.11 Å². The zero-order valence-corrected chi connectivity index (χ0v) is 13.1. The summed E-state index contributed by atoms with van der Waals surface area (Å²) in [5.74, 6) is 1.79. The summed E-state index contributed by atoms with van der Waals surface area (Å²) in [6.07, 6.45) is 2.61. The maximum atomic E-state index is 5.32. The normalized spacial score (nSPS) is 16.9. The summed E-state index contributed by atoms with van der Waals surface area (Å²) in [5, 5.41) is 3.45. The smallest absolute Gasteiger partial charge is 0.119 e. The molecular formula is C17H28N2O. The second-order valence-electron chi connectivity index (χ2n) is 6.07. The van der Waals surface area contributed by atoms with Crippen LogP contribution in [0.1, 0.15) is 32.3 Å². The van der Waals surface area contributed by atoms with Crippen molar-refractivity contribution < 1.29 is 4.74 Å². The van der Waals surface area contributed by atoms with Crippen molar-refractivity contribution in [1.82, 2.24) is 10.2 Å². The molecule has 1 aliphatic heterocycles. The van der Waals surface area contributed by atoms with Crippen molar-refractivity contribution in [2.75, 3.05) is 26.7 Å². The highest BCUT2D eigenvalue weighted by molar-refractivity contribution is 5.28. The fraction of sp³-hybridized carbons (Fsp3) is 0.647. The average Bonchev–Trinajstić information content (AvgIpc) is 2.48. The van der Waals surface area contributed by atoms with E-state index < -0.39 is 0 Å². The molecule has 1 N–H and O–H groups in total. The summed E-state index contributed by atoms with van der Waals surface area (Å²) in [7, 11) is 1.73. The second kappa shape index (κ2) is 7.65.